The van der Waals surface area contributed by atoms with E-state index in [0.29, 0.717) is 35.0 Å². The summed E-state index contributed by atoms with van der Waals surface area (Å²) in [7, 11) is 0. The average molecular weight is 499 g/mol. The molecule has 4 aromatic rings. The molecule has 0 spiro atoms. The maximum atomic E-state index is 12.4. The van der Waals surface area contributed by atoms with Crippen LogP contribution >= 0.6 is 0 Å². The van der Waals surface area contributed by atoms with Gasteiger partial charge in [0.2, 0.25) is 5.82 Å². The highest BCUT2D eigenvalue weighted by atomic mass is 16.6. The normalized spacial score (nSPS) is 15.1. The molecule has 0 aliphatic carbocycles. The third kappa shape index (κ3) is 5.21. The molecule has 2 aromatic heterocycles. The van der Waals surface area contributed by atoms with Gasteiger partial charge in [0, 0.05) is 40.2 Å². The molecule has 37 heavy (non-hydrogen) atoms. The fourth-order valence-corrected chi connectivity index (χ4v) is 4.83. The highest BCUT2D eigenvalue weighted by molar-refractivity contribution is 5.86. The molecule has 8 heteroatoms. The second-order valence-corrected chi connectivity index (χ2v) is 10.7. The summed E-state index contributed by atoms with van der Waals surface area (Å²) < 4.78 is 19.1. The van der Waals surface area contributed by atoms with Crippen molar-refractivity contribution in [3.8, 4) is 34.7 Å². The van der Waals surface area contributed by atoms with Crippen molar-refractivity contribution in [3.05, 3.63) is 53.7 Å². The molecule has 0 saturated heterocycles. The van der Waals surface area contributed by atoms with Crippen molar-refractivity contribution in [2.45, 2.75) is 71.6 Å². The summed E-state index contributed by atoms with van der Waals surface area (Å²) in [6.45, 7) is 10.4. The molecule has 1 aliphatic rings. The maximum absolute atomic E-state index is 12.4. The van der Waals surface area contributed by atoms with Crippen molar-refractivity contribution in [1.29, 1.82) is 5.26 Å². The first-order chi connectivity index (χ1) is 17.6. The van der Waals surface area contributed by atoms with Crippen molar-refractivity contribution in [1.82, 2.24) is 14.7 Å². The molecule has 0 bridgehead atoms. The molecular weight excluding hydrogens is 468 g/mol. The Labute approximate surface area is 215 Å². The molecule has 0 radical (unpaired) electrons. The summed E-state index contributed by atoms with van der Waals surface area (Å²) in [5.41, 5.74) is 3.69. The Morgan fingerprint density at radius 1 is 1.19 bits per heavy atom. The third-order valence-electron chi connectivity index (χ3n) is 6.22. The highest BCUT2D eigenvalue weighted by Crippen LogP contribution is 2.38. The number of nitriles is 1. The van der Waals surface area contributed by atoms with Crippen LogP contribution in [0.3, 0.4) is 0 Å². The van der Waals surface area contributed by atoms with Gasteiger partial charge in [-0.2, -0.15) is 10.2 Å². The monoisotopic (exact) mass is 498 g/mol. The van der Waals surface area contributed by atoms with Gasteiger partial charge in [-0.25, -0.2) is 0 Å². The number of fused-ring (bicyclic) bond motifs is 3. The third-order valence-corrected chi connectivity index (χ3v) is 6.22. The Kier molecular flexibility index (Phi) is 6.24. The van der Waals surface area contributed by atoms with Crippen LogP contribution in [0.4, 0.5) is 0 Å². The van der Waals surface area contributed by atoms with E-state index in [2.05, 4.69) is 32.9 Å². The van der Waals surface area contributed by atoms with Crippen LogP contribution in [-0.4, -0.2) is 32.4 Å². The van der Waals surface area contributed by atoms with Crippen LogP contribution in [0.15, 0.2) is 47.0 Å². The number of carbonyl (C=O) groups excluding carboxylic acids is 1. The Morgan fingerprint density at radius 3 is 2.73 bits per heavy atom. The average Bonchev–Trinajstić information content (AvgIpc) is 3.53. The van der Waals surface area contributed by atoms with Crippen molar-refractivity contribution >= 4 is 16.9 Å². The maximum Gasteiger partial charge on any atom is 0.306 e. The van der Waals surface area contributed by atoms with Crippen molar-refractivity contribution in [3.63, 3.8) is 0 Å². The van der Waals surface area contributed by atoms with Crippen LogP contribution in [0.25, 0.3) is 33.7 Å². The van der Waals surface area contributed by atoms with Crippen LogP contribution in [-0.2, 0) is 16.1 Å². The lowest BCUT2D eigenvalue weighted by Gasteiger charge is -2.20. The minimum atomic E-state index is -0.486. The number of aromatic nitrogens is 3. The van der Waals surface area contributed by atoms with Crippen LogP contribution in [0.5, 0.6) is 5.75 Å². The molecule has 0 N–H and O–H groups in total. The fraction of sp³-hybridized carbons (Fsp3) is 0.379. The molecule has 8 nitrogen and oxygen atoms in total. The highest BCUT2D eigenvalue weighted by Gasteiger charge is 2.29. The summed E-state index contributed by atoms with van der Waals surface area (Å²) >= 11 is 0. The first kappa shape index (κ1) is 24.6. The van der Waals surface area contributed by atoms with Gasteiger partial charge >= 0.3 is 5.97 Å². The second-order valence-electron chi connectivity index (χ2n) is 10.7. The number of hydrogen-bond acceptors (Lipinski definition) is 7. The molecule has 3 heterocycles. The number of benzene rings is 2. The first-order valence-electron chi connectivity index (χ1n) is 12.5. The zero-order valence-corrected chi connectivity index (χ0v) is 21.7. The van der Waals surface area contributed by atoms with Gasteiger partial charge in [0.25, 0.3) is 5.89 Å². The molecule has 1 atom stereocenters. The van der Waals surface area contributed by atoms with E-state index in [1.54, 1.807) is 18.2 Å². The standard InChI is InChI=1S/C29H30N4O4/c1-17(2)35-23-11-18(16-30)10-22(13-23)28-31-27(32-37-28)20-6-7-24-21(12-20)14-25-19(8-9-33(24)25)15-26(34)36-29(3,4)5/h6-7,10-14,17,19H,8-9,15H2,1-5H3. The lowest BCUT2D eigenvalue weighted by atomic mass is 10.00. The van der Waals surface area contributed by atoms with E-state index in [1.807, 2.05) is 46.8 Å². The van der Waals surface area contributed by atoms with Gasteiger partial charge in [0.1, 0.15) is 11.4 Å². The summed E-state index contributed by atoms with van der Waals surface area (Å²) in [4.78, 5) is 17.0. The van der Waals surface area contributed by atoms with Crippen LogP contribution in [0.2, 0.25) is 0 Å². The van der Waals surface area contributed by atoms with Crippen LogP contribution in [0, 0.1) is 11.3 Å². The van der Waals surface area contributed by atoms with Gasteiger partial charge in [-0.15, -0.1) is 0 Å². The first-order valence-corrected chi connectivity index (χ1v) is 12.5. The number of carbonyl (C=O) groups is 1. The molecule has 0 fully saturated rings. The molecule has 1 unspecified atom stereocenters. The van der Waals surface area contributed by atoms with Gasteiger partial charge < -0.3 is 18.6 Å². The fourth-order valence-electron chi connectivity index (χ4n) is 4.83. The van der Waals surface area contributed by atoms with E-state index in [1.165, 1.54) is 0 Å². The minimum Gasteiger partial charge on any atom is -0.491 e. The second kappa shape index (κ2) is 9.40. The topological polar surface area (TPSA) is 103 Å². The van der Waals surface area contributed by atoms with Crippen molar-refractivity contribution in [2.24, 2.45) is 0 Å². The number of rotatable bonds is 6. The SMILES string of the molecule is CC(C)Oc1cc(C#N)cc(-c2nc(-c3ccc4c(c3)cc3n4CCC3CC(=O)OC(C)(C)C)no2)c1. The van der Waals surface area contributed by atoms with E-state index < -0.39 is 5.60 Å². The summed E-state index contributed by atoms with van der Waals surface area (Å²) in [6, 6.07) is 15.6. The van der Waals surface area contributed by atoms with Crippen LogP contribution < -0.4 is 4.74 Å². The van der Waals surface area contributed by atoms with E-state index in [-0.39, 0.29) is 18.0 Å². The van der Waals surface area contributed by atoms with E-state index >= 15 is 0 Å². The van der Waals surface area contributed by atoms with Gasteiger partial charge in [0.15, 0.2) is 0 Å². The summed E-state index contributed by atoms with van der Waals surface area (Å²) in [5, 5.41) is 14.7. The van der Waals surface area contributed by atoms with Crippen molar-refractivity contribution in [2.75, 3.05) is 0 Å². The lowest BCUT2D eigenvalue weighted by Crippen LogP contribution is -2.24. The quantitative estimate of drug-likeness (QED) is 0.290. The smallest absolute Gasteiger partial charge is 0.306 e. The zero-order valence-electron chi connectivity index (χ0n) is 21.7. The predicted molar refractivity (Wildman–Crippen MR) is 139 cm³/mol. The van der Waals surface area contributed by atoms with Gasteiger partial charge in [-0.3, -0.25) is 4.79 Å². The molecule has 2 aromatic carbocycles. The number of ether oxygens (including phenoxy) is 2. The van der Waals surface area contributed by atoms with Gasteiger partial charge in [-0.1, -0.05) is 5.16 Å². The number of esters is 1. The van der Waals surface area contributed by atoms with E-state index in [0.717, 1.165) is 35.1 Å². The largest absolute Gasteiger partial charge is 0.491 e. The number of hydrogen-bond donors (Lipinski definition) is 0. The predicted octanol–water partition coefficient (Wildman–Crippen LogP) is 6.24. The molecule has 5 rings (SSSR count). The Bertz CT molecular complexity index is 1520. The summed E-state index contributed by atoms with van der Waals surface area (Å²) in [5.74, 6) is 1.32. The number of aryl methyl sites for hydroxylation is 1. The Morgan fingerprint density at radius 2 is 2.00 bits per heavy atom. The molecule has 190 valence electrons. The zero-order chi connectivity index (χ0) is 26.3. The van der Waals surface area contributed by atoms with Crippen molar-refractivity contribution < 1.29 is 18.8 Å². The lowest BCUT2D eigenvalue weighted by molar-refractivity contribution is -0.155. The van der Waals surface area contributed by atoms with Gasteiger partial charge in [0.05, 0.1) is 24.2 Å². The number of nitrogens with zero attached hydrogens (tertiary/aromatic N) is 4. The molecule has 0 amide bonds. The van der Waals surface area contributed by atoms with E-state index in [4.69, 9.17) is 14.0 Å². The Hall–Kier alpha value is -4.12. The minimum absolute atomic E-state index is 0.0282. The van der Waals surface area contributed by atoms with E-state index in [9.17, 15) is 10.1 Å². The molecule has 0 saturated carbocycles. The summed E-state index contributed by atoms with van der Waals surface area (Å²) in [6.07, 6.45) is 1.27. The Balaban J connectivity index is 1.41. The van der Waals surface area contributed by atoms with Crippen LogP contribution in [0.1, 0.15) is 64.6 Å². The van der Waals surface area contributed by atoms with Gasteiger partial charge in [-0.05, 0) is 83.5 Å². The molecular formula is C29H30N4O4. The molecule has 1 aliphatic heterocycles.